The van der Waals surface area contributed by atoms with E-state index in [1.54, 1.807) is 12.3 Å². The van der Waals surface area contributed by atoms with Crippen molar-refractivity contribution in [3.8, 4) is 5.75 Å². The van der Waals surface area contributed by atoms with Gasteiger partial charge in [0.1, 0.15) is 12.4 Å². The van der Waals surface area contributed by atoms with Gasteiger partial charge in [-0.15, -0.1) is 0 Å². The summed E-state index contributed by atoms with van der Waals surface area (Å²) >= 11 is 0. The molecule has 0 saturated carbocycles. The van der Waals surface area contributed by atoms with Crippen LogP contribution in [0.15, 0.2) is 42.0 Å². The molecular formula is C15H20N2O2. The molecule has 0 atom stereocenters. The van der Waals surface area contributed by atoms with Gasteiger partial charge >= 0.3 is 0 Å². The summed E-state index contributed by atoms with van der Waals surface area (Å²) in [6, 6.07) is 7.47. The smallest absolute Gasteiger partial charge is 0.240 e. The minimum atomic E-state index is -0.0784. The molecule has 4 nitrogen and oxygen atoms in total. The Morgan fingerprint density at radius 2 is 2.32 bits per heavy atom. The third kappa shape index (κ3) is 6.41. The molecular weight excluding hydrogens is 240 g/mol. The number of carbonyl (C=O) groups excluding carboxylic acids is 1. The normalized spacial score (nSPS) is 10.7. The lowest BCUT2D eigenvalue weighted by Gasteiger charge is -2.04. The first kappa shape index (κ1) is 15.0. The van der Waals surface area contributed by atoms with Crippen molar-refractivity contribution in [2.75, 3.05) is 6.61 Å². The third-order valence-corrected chi connectivity index (χ3v) is 2.22. The fourth-order valence-electron chi connectivity index (χ4n) is 1.44. The standard InChI is InChI=1S/C15H20N2O2/c1-4-8-19-14-7-5-6-13(10-14)11-16-17-15(18)9-12(2)3/h4-7,10-12H,1,8-9H2,2-3H3,(H,17,18)/b16-11-. The number of carbonyl (C=O) groups is 1. The minimum absolute atomic E-state index is 0.0784. The highest BCUT2D eigenvalue weighted by atomic mass is 16.5. The Labute approximate surface area is 114 Å². The Hall–Kier alpha value is -2.10. The zero-order chi connectivity index (χ0) is 14.1. The number of hydrazone groups is 1. The summed E-state index contributed by atoms with van der Waals surface area (Å²) in [6.45, 7) is 8.04. The Morgan fingerprint density at radius 1 is 1.53 bits per heavy atom. The van der Waals surface area contributed by atoms with E-state index < -0.39 is 0 Å². The van der Waals surface area contributed by atoms with Crippen LogP contribution >= 0.6 is 0 Å². The number of ether oxygens (including phenoxy) is 1. The van der Waals surface area contributed by atoms with Crippen molar-refractivity contribution in [2.24, 2.45) is 11.0 Å². The molecule has 0 spiro atoms. The molecule has 4 heteroatoms. The van der Waals surface area contributed by atoms with Gasteiger partial charge in [-0.25, -0.2) is 5.43 Å². The van der Waals surface area contributed by atoms with Crippen LogP contribution in [-0.2, 0) is 4.79 Å². The number of rotatable bonds is 7. The van der Waals surface area contributed by atoms with E-state index in [1.807, 2.05) is 38.1 Å². The predicted molar refractivity (Wildman–Crippen MR) is 77.3 cm³/mol. The van der Waals surface area contributed by atoms with Crippen LogP contribution in [0.25, 0.3) is 0 Å². The molecule has 1 aromatic carbocycles. The largest absolute Gasteiger partial charge is 0.490 e. The van der Waals surface area contributed by atoms with Gasteiger partial charge in [-0.2, -0.15) is 5.10 Å². The van der Waals surface area contributed by atoms with Gasteiger partial charge in [0.15, 0.2) is 0 Å². The average Bonchev–Trinajstić information content (AvgIpc) is 2.36. The zero-order valence-corrected chi connectivity index (χ0v) is 11.4. The number of hydrogen-bond acceptors (Lipinski definition) is 3. The second kappa shape index (κ2) is 8.08. The molecule has 0 heterocycles. The lowest BCUT2D eigenvalue weighted by atomic mass is 10.1. The van der Waals surface area contributed by atoms with Crippen LogP contribution in [0.4, 0.5) is 0 Å². The van der Waals surface area contributed by atoms with E-state index in [1.165, 1.54) is 0 Å². The number of benzene rings is 1. The van der Waals surface area contributed by atoms with Crippen molar-refractivity contribution >= 4 is 12.1 Å². The van der Waals surface area contributed by atoms with Crippen molar-refractivity contribution in [2.45, 2.75) is 20.3 Å². The Kier molecular flexibility index (Phi) is 6.36. The summed E-state index contributed by atoms with van der Waals surface area (Å²) < 4.78 is 5.41. The van der Waals surface area contributed by atoms with Crippen LogP contribution < -0.4 is 10.2 Å². The van der Waals surface area contributed by atoms with E-state index in [2.05, 4.69) is 17.1 Å². The van der Waals surface area contributed by atoms with Gasteiger partial charge in [0.05, 0.1) is 6.21 Å². The number of nitrogens with one attached hydrogen (secondary N) is 1. The average molecular weight is 260 g/mol. The molecule has 0 fully saturated rings. The molecule has 0 unspecified atom stereocenters. The van der Waals surface area contributed by atoms with E-state index in [0.717, 1.165) is 11.3 Å². The lowest BCUT2D eigenvalue weighted by molar-refractivity contribution is -0.121. The Morgan fingerprint density at radius 3 is 3.00 bits per heavy atom. The van der Waals surface area contributed by atoms with Gasteiger partial charge in [-0.3, -0.25) is 4.79 Å². The molecule has 0 aromatic heterocycles. The van der Waals surface area contributed by atoms with Crippen LogP contribution in [0.3, 0.4) is 0 Å². The molecule has 1 N–H and O–H groups in total. The Balaban J connectivity index is 2.51. The van der Waals surface area contributed by atoms with Crippen LogP contribution in [0.5, 0.6) is 5.75 Å². The summed E-state index contributed by atoms with van der Waals surface area (Å²) in [7, 11) is 0. The van der Waals surface area contributed by atoms with Gasteiger partial charge in [0.25, 0.3) is 0 Å². The van der Waals surface area contributed by atoms with E-state index in [0.29, 0.717) is 18.9 Å². The van der Waals surface area contributed by atoms with Crippen LogP contribution in [0.1, 0.15) is 25.8 Å². The van der Waals surface area contributed by atoms with Crippen molar-refractivity contribution in [1.29, 1.82) is 0 Å². The van der Waals surface area contributed by atoms with Gasteiger partial charge in [-0.05, 0) is 23.6 Å². The maximum absolute atomic E-state index is 11.4. The predicted octanol–water partition coefficient (Wildman–Crippen LogP) is 2.75. The first-order valence-corrected chi connectivity index (χ1v) is 6.27. The van der Waals surface area contributed by atoms with Crippen molar-refractivity contribution < 1.29 is 9.53 Å². The maximum Gasteiger partial charge on any atom is 0.240 e. The SMILES string of the molecule is C=CCOc1cccc(/C=N\NC(=O)CC(C)C)c1. The fraction of sp³-hybridized carbons (Fsp3) is 0.333. The highest BCUT2D eigenvalue weighted by molar-refractivity contribution is 5.82. The summed E-state index contributed by atoms with van der Waals surface area (Å²) in [5.74, 6) is 0.994. The van der Waals surface area contributed by atoms with Crippen molar-refractivity contribution in [3.63, 3.8) is 0 Å². The first-order chi connectivity index (χ1) is 9.11. The van der Waals surface area contributed by atoms with Gasteiger partial charge in [-0.1, -0.05) is 38.6 Å². The van der Waals surface area contributed by atoms with Gasteiger partial charge < -0.3 is 4.74 Å². The van der Waals surface area contributed by atoms with Crippen LogP contribution in [-0.4, -0.2) is 18.7 Å². The Bertz CT molecular complexity index is 453. The topological polar surface area (TPSA) is 50.7 Å². The molecule has 1 amide bonds. The molecule has 0 aliphatic rings. The summed E-state index contributed by atoms with van der Waals surface area (Å²) in [6.07, 6.45) is 3.76. The summed E-state index contributed by atoms with van der Waals surface area (Å²) in [5, 5.41) is 3.92. The molecule has 1 aromatic rings. The monoisotopic (exact) mass is 260 g/mol. The minimum Gasteiger partial charge on any atom is -0.490 e. The van der Waals surface area contributed by atoms with Crippen LogP contribution in [0, 0.1) is 5.92 Å². The van der Waals surface area contributed by atoms with E-state index in [-0.39, 0.29) is 5.91 Å². The van der Waals surface area contributed by atoms with Crippen molar-refractivity contribution in [3.05, 3.63) is 42.5 Å². The third-order valence-electron chi connectivity index (χ3n) is 2.22. The van der Waals surface area contributed by atoms with E-state index in [4.69, 9.17) is 4.74 Å². The molecule has 102 valence electrons. The fourth-order valence-corrected chi connectivity index (χ4v) is 1.44. The molecule has 0 radical (unpaired) electrons. The maximum atomic E-state index is 11.4. The van der Waals surface area contributed by atoms with Crippen molar-refractivity contribution in [1.82, 2.24) is 5.43 Å². The van der Waals surface area contributed by atoms with E-state index >= 15 is 0 Å². The molecule has 0 aliphatic carbocycles. The number of amides is 1. The second-order valence-electron chi connectivity index (χ2n) is 4.56. The highest BCUT2D eigenvalue weighted by Crippen LogP contribution is 2.11. The summed E-state index contributed by atoms with van der Waals surface area (Å²) in [5.41, 5.74) is 3.37. The molecule has 0 aliphatic heterocycles. The molecule has 0 bridgehead atoms. The number of nitrogens with zero attached hydrogens (tertiary/aromatic N) is 1. The van der Waals surface area contributed by atoms with Gasteiger partial charge in [0.2, 0.25) is 5.91 Å². The number of hydrogen-bond donors (Lipinski definition) is 1. The highest BCUT2D eigenvalue weighted by Gasteiger charge is 2.02. The molecule has 19 heavy (non-hydrogen) atoms. The zero-order valence-electron chi connectivity index (χ0n) is 11.4. The van der Waals surface area contributed by atoms with E-state index in [9.17, 15) is 4.79 Å². The molecule has 0 saturated heterocycles. The summed E-state index contributed by atoms with van der Waals surface area (Å²) in [4.78, 5) is 11.4. The lowest BCUT2D eigenvalue weighted by Crippen LogP contribution is -2.19. The quantitative estimate of drug-likeness (QED) is 0.465. The second-order valence-corrected chi connectivity index (χ2v) is 4.56. The van der Waals surface area contributed by atoms with Crippen LogP contribution in [0.2, 0.25) is 0 Å². The first-order valence-electron chi connectivity index (χ1n) is 6.27. The van der Waals surface area contributed by atoms with Gasteiger partial charge in [0, 0.05) is 6.42 Å². The molecule has 1 rings (SSSR count).